The van der Waals surface area contributed by atoms with E-state index in [1.54, 1.807) is 0 Å². The van der Waals surface area contributed by atoms with E-state index in [9.17, 15) is 28.3 Å². The minimum atomic E-state index is -1.12. The number of carbonyl (C=O) groups is 2. The minimum Gasteiger partial charge on any atom is -0.868 e. The van der Waals surface area contributed by atoms with Crippen molar-refractivity contribution < 1.29 is 57.8 Å². The average molecular weight is 441 g/mol. The third-order valence-corrected chi connectivity index (χ3v) is 5.36. The number of aromatic nitrogens is 1. The quantitative estimate of drug-likeness (QED) is 0.541. The second-order valence-electron chi connectivity index (χ2n) is 7.30. The number of fused-ring (bicyclic) bond motifs is 2. The average Bonchev–Trinajstić information content (AvgIpc) is 2.69. The molecule has 8 nitrogen and oxygen atoms in total. The minimum absolute atomic E-state index is 0. The van der Waals surface area contributed by atoms with Crippen molar-refractivity contribution in [1.82, 2.24) is 14.8 Å². The van der Waals surface area contributed by atoms with Crippen molar-refractivity contribution in [3.05, 3.63) is 63.1 Å². The van der Waals surface area contributed by atoms with Gasteiger partial charge in [0, 0.05) is 30.4 Å². The molecule has 3 heterocycles. The molecule has 31 heavy (non-hydrogen) atoms. The molecule has 0 aliphatic carbocycles. The Kier molecular flexibility index (Phi) is 6.85. The van der Waals surface area contributed by atoms with Gasteiger partial charge in [-0.25, -0.2) is 8.78 Å². The zero-order chi connectivity index (χ0) is 21.6. The molecule has 0 saturated carbocycles. The van der Waals surface area contributed by atoms with Gasteiger partial charge in [0.15, 0.2) is 11.7 Å². The summed E-state index contributed by atoms with van der Waals surface area (Å²) < 4.78 is 33.6. The first-order valence-corrected chi connectivity index (χ1v) is 9.38. The topological polar surface area (TPSA) is 104 Å². The number of hydrogen-bond acceptors (Lipinski definition) is 5. The van der Waals surface area contributed by atoms with E-state index < -0.39 is 46.4 Å². The van der Waals surface area contributed by atoms with Gasteiger partial charge in [0.1, 0.15) is 22.9 Å². The maximum Gasteiger partial charge on any atom is 1.00 e. The van der Waals surface area contributed by atoms with Gasteiger partial charge >= 0.3 is 29.6 Å². The zero-order valence-electron chi connectivity index (χ0n) is 17.0. The Bertz CT molecular complexity index is 1110. The monoisotopic (exact) mass is 441 g/mol. The number of amides is 2. The molecular formula is C20H18F2N3NaO5. The van der Waals surface area contributed by atoms with Crippen LogP contribution in [0.3, 0.4) is 0 Å². The normalized spacial score (nSPS) is 19.8. The van der Waals surface area contributed by atoms with Gasteiger partial charge < -0.3 is 24.6 Å². The summed E-state index contributed by atoms with van der Waals surface area (Å²) in [7, 11) is 0. The Balaban J connectivity index is 0.00000272. The summed E-state index contributed by atoms with van der Waals surface area (Å²) in [5.74, 6) is -4.19. The SMILES string of the molecule is C[C@@H]1CCOC2Cn3cc(C(=O)NCc4ccc(F)cc4F)c(=O)c([O-])c3C(=O)N21.[Na+]. The van der Waals surface area contributed by atoms with Gasteiger partial charge in [-0.1, -0.05) is 6.07 Å². The summed E-state index contributed by atoms with van der Waals surface area (Å²) >= 11 is 0. The van der Waals surface area contributed by atoms with Crippen molar-refractivity contribution in [2.24, 2.45) is 0 Å². The van der Waals surface area contributed by atoms with Gasteiger partial charge in [0.2, 0.25) is 0 Å². The van der Waals surface area contributed by atoms with Crippen molar-refractivity contribution in [1.29, 1.82) is 0 Å². The van der Waals surface area contributed by atoms with Crippen LogP contribution in [0.25, 0.3) is 0 Å². The Morgan fingerprint density at radius 3 is 2.77 bits per heavy atom. The van der Waals surface area contributed by atoms with Gasteiger partial charge in [-0.2, -0.15) is 0 Å². The molecule has 1 fully saturated rings. The van der Waals surface area contributed by atoms with Crippen LogP contribution in [-0.2, 0) is 17.8 Å². The predicted octanol–water partition coefficient (Wildman–Crippen LogP) is -2.28. The Labute approximate surface area is 198 Å². The number of pyridine rings is 1. The van der Waals surface area contributed by atoms with Gasteiger partial charge in [-0.3, -0.25) is 14.4 Å². The number of ether oxygens (including phenoxy) is 1. The molecule has 2 aromatic rings. The van der Waals surface area contributed by atoms with E-state index in [0.717, 1.165) is 12.3 Å². The van der Waals surface area contributed by atoms with E-state index >= 15 is 0 Å². The summed E-state index contributed by atoms with van der Waals surface area (Å²) in [5, 5.41) is 14.9. The largest absolute Gasteiger partial charge is 1.00 e. The summed E-state index contributed by atoms with van der Waals surface area (Å²) in [5.41, 5.74) is -1.87. The van der Waals surface area contributed by atoms with Crippen LogP contribution in [0.4, 0.5) is 8.78 Å². The van der Waals surface area contributed by atoms with Crippen LogP contribution in [-0.4, -0.2) is 40.2 Å². The van der Waals surface area contributed by atoms with Crippen molar-refractivity contribution in [3.8, 4) is 5.75 Å². The number of carbonyl (C=O) groups excluding carboxylic acids is 2. The van der Waals surface area contributed by atoms with Crippen LogP contribution >= 0.6 is 0 Å². The molecule has 0 radical (unpaired) electrons. The molecule has 4 rings (SSSR count). The van der Waals surface area contributed by atoms with Gasteiger partial charge in [-0.05, 0) is 25.2 Å². The number of nitrogens with zero attached hydrogens (tertiary/aromatic N) is 2. The van der Waals surface area contributed by atoms with Gasteiger partial charge in [0.05, 0.1) is 13.2 Å². The first-order valence-electron chi connectivity index (χ1n) is 9.38. The fourth-order valence-electron chi connectivity index (χ4n) is 3.74. The zero-order valence-corrected chi connectivity index (χ0v) is 19.0. The molecule has 2 aliphatic heterocycles. The maximum atomic E-state index is 13.7. The third-order valence-electron chi connectivity index (χ3n) is 5.36. The predicted molar refractivity (Wildman–Crippen MR) is 97.7 cm³/mol. The third kappa shape index (κ3) is 4.25. The first kappa shape index (κ1) is 23.4. The molecule has 1 aromatic carbocycles. The van der Waals surface area contributed by atoms with E-state index in [1.165, 1.54) is 15.5 Å². The summed E-state index contributed by atoms with van der Waals surface area (Å²) in [6, 6.07) is 2.73. The second-order valence-corrected chi connectivity index (χ2v) is 7.30. The van der Waals surface area contributed by atoms with Crippen LogP contribution in [0.2, 0.25) is 0 Å². The summed E-state index contributed by atoms with van der Waals surface area (Å²) in [6.45, 7) is 2.08. The number of hydrogen-bond donors (Lipinski definition) is 1. The first-order chi connectivity index (χ1) is 14.3. The fourth-order valence-corrected chi connectivity index (χ4v) is 3.74. The molecule has 1 aromatic heterocycles. The molecule has 1 saturated heterocycles. The molecule has 1 unspecified atom stereocenters. The van der Waals surface area contributed by atoms with E-state index in [2.05, 4.69) is 5.32 Å². The van der Waals surface area contributed by atoms with Crippen LogP contribution in [0, 0.1) is 11.6 Å². The maximum absolute atomic E-state index is 13.7. The number of rotatable bonds is 3. The molecule has 2 amide bonds. The van der Waals surface area contributed by atoms with E-state index in [4.69, 9.17) is 4.74 Å². The molecule has 11 heteroatoms. The van der Waals surface area contributed by atoms with E-state index in [0.29, 0.717) is 19.1 Å². The standard InChI is InChI=1S/C20H19F2N3O5.Na/c1-10-4-5-30-15-9-24-8-13(17(26)18(27)16(24)20(29)25(10)15)19(28)23-7-11-2-3-12(21)6-14(11)22;/h2-3,6,8,10,15,27H,4-5,7,9H2,1H3,(H,23,28);/q;+1/p-1/t10-,15?;/m1./s1. The molecule has 2 aliphatic rings. The number of halogens is 2. The smallest absolute Gasteiger partial charge is 0.868 e. The van der Waals surface area contributed by atoms with Crippen LogP contribution in [0.1, 0.15) is 39.8 Å². The Morgan fingerprint density at radius 1 is 1.32 bits per heavy atom. The summed E-state index contributed by atoms with van der Waals surface area (Å²) in [6.07, 6.45) is 1.16. The van der Waals surface area contributed by atoms with Crippen molar-refractivity contribution in [2.45, 2.75) is 38.7 Å². The van der Waals surface area contributed by atoms with Gasteiger partial charge in [-0.15, -0.1) is 0 Å². The molecule has 0 bridgehead atoms. The van der Waals surface area contributed by atoms with Crippen molar-refractivity contribution in [2.75, 3.05) is 6.61 Å². The second kappa shape index (κ2) is 9.07. The molecule has 2 atom stereocenters. The van der Waals surface area contributed by atoms with Crippen LogP contribution < -0.4 is 45.4 Å². The fraction of sp³-hybridized carbons (Fsp3) is 0.350. The molecule has 1 N–H and O–H groups in total. The summed E-state index contributed by atoms with van der Waals surface area (Å²) in [4.78, 5) is 39.2. The Morgan fingerprint density at radius 2 is 2.06 bits per heavy atom. The van der Waals surface area contributed by atoms with Crippen LogP contribution in [0.5, 0.6) is 5.75 Å². The van der Waals surface area contributed by atoms with Crippen molar-refractivity contribution >= 4 is 11.8 Å². The number of nitrogens with one attached hydrogen (secondary N) is 1. The molecule has 0 spiro atoms. The van der Waals surface area contributed by atoms with Crippen LogP contribution in [0.15, 0.2) is 29.2 Å². The Hall–Kier alpha value is -2.27. The van der Waals surface area contributed by atoms with Gasteiger partial charge in [0.25, 0.3) is 11.8 Å². The van der Waals surface area contributed by atoms with E-state index in [1.807, 2.05) is 6.92 Å². The molecular weight excluding hydrogens is 423 g/mol. The van der Waals surface area contributed by atoms with Crippen molar-refractivity contribution in [3.63, 3.8) is 0 Å². The van der Waals surface area contributed by atoms with E-state index in [-0.39, 0.29) is 59.9 Å². The number of benzene rings is 1. The molecule has 158 valence electrons.